The molecule has 1 aliphatic heterocycles. The Bertz CT molecular complexity index is 418. The molecule has 1 aromatic heterocycles. The number of hydrogen-bond donors (Lipinski definition) is 2. The summed E-state index contributed by atoms with van der Waals surface area (Å²) < 4.78 is 5.57. The van der Waals surface area contributed by atoms with E-state index in [-0.39, 0.29) is 6.23 Å². The SMILES string of the molecule is Cc1nc(Cl)c(C=N)c(NC2CCCCO2)n1. The molecule has 6 heteroatoms. The maximum absolute atomic E-state index is 7.34. The van der Waals surface area contributed by atoms with E-state index in [1.54, 1.807) is 6.92 Å². The van der Waals surface area contributed by atoms with E-state index in [0.717, 1.165) is 32.1 Å². The van der Waals surface area contributed by atoms with Crippen molar-refractivity contribution in [1.82, 2.24) is 9.97 Å². The third-order valence-electron chi connectivity index (χ3n) is 2.63. The van der Waals surface area contributed by atoms with Gasteiger partial charge in [0.05, 0.1) is 5.56 Å². The zero-order chi connectivity index (χ0) is 12.3. The van der Waals surface area contributed by atoms with Crippen LogP contribution < -0.4 is 5.32 Å². The average molecular weight is 255 g/mol. The quantitative estimate of drug-likeness (QED) is 0.642. The van der Waals surface area contributed by atoms with Crippen molar-refractivity contribution < 1.29 is 4.74 Å². The Morgan fingerprint density at radius 2 is 2.29 bits per heavy atom. The molecule has 5 nitrogen and oxygen atoms in total. The van der Waals surface area contributed by atoms with E-state index < -0.39 is 0 Å². The van der Waals surface area contributed by atoms with E-state index in [9.17, 15) is 0 Å². The highest BCUT2D eigenvalue weighted by Gasteiger charge is 2.17. The van der Waals surface area contributed by atoms with Crippen LogP contribution in [0.25, 0.3) is 0 Å². The highest BCUT2D eigenvalue weighted by molar-refractivity contribution is 6.32. The number of nitrogens with zero attached hydrogens (tertiary/aromatic N) is 2. The minimum absolute atomic E-state index is 0.0483. The molecule has 2 N–H and O–H groups in total. The Kier molecular flexibility index (Phi) is 3.91. The molecule has 17 heavy (non-hydrogen) atoms. The normalized spacial score (nSPS) is 20.0. The first-order valence-corrected chi connectivity index (χ1v) is 6.01. The first-order chi connectivity index (χ1) is 8.20. The van der Waals surface area contributed by atoms with Crippen LogP contribution >= 0.6 is 11.6 Å². The monoisotopic (exact) mass is 254 g/mol. The van der Waals surface area contributed by atoms with E-state index >= 15 is 0 Å². The third-order valence-corrected chi connectivity index (χ3v) is 2.92. The molecule has 1 aromatic rings. The summed E-state index contributed by atoms with van der Waals surface area (Å²) in [6, 6.07) is 0. The zero-order valence-corrected chi connectivity index (χ0v) is 10.4. The van der Waals surface area contributed by atoms with Gasteiger partial charge in [-0.3, -0.25) is 0 Å². The van der Waals surface area contributed by atoms with Crippen molar-refractivity contribution in [2.75, 3.05) is 11.9 Å². The molecular formula is C11H15ClN4O. The summed E-state index contributed by atoms with van der Waals surface area (Å²) in [4.78, 5) is 8.28. The van der Waals surface area contributed by atoms with Crippen LogP contribution in [0.4, 0.5) is 5.82 Å². The molecule has 1 saturated heterocycles. The van der Waals surface area contributed by atoms with Crippen LogP contribution in [0.1, 0.15) is 30.7 Å². The summed E-state index contributed by atoms with van der Waals surface area (Å²) in [6.45, 7) is 2.53. The fourth-order valence-electron chi connectivity index (χ4n) is 1.79. The number of nitrogens with one attached hydrogen (secondary N) is 2. The van der Waals surface area contributed by atoms with Gasteiger partial charge in [-0.1, -0.05) is 11.6 Å². The lowest BCUT2D eigenvalue weighted by Gasteiger charge is -2.24. The van der Waals surface area contributed by atoms with Crippen LogP contribution in [0, 0.1) is 12.3 Å². The molecule has 1 atom stereocenters. The lowest BCUT2D eigenvalue weighted by atomic mass is 10.2. The summed E-state index contributed by atoms with van der Waals surface area (Å²) in [5.74, 6) is 1.16. The largest absolute Gasteiger partial charge is 0.359 e. The molecule has 2 rings (SSSR count). The lowest BCUT2D eigenvalue weighted by Crippen LogP contribution is -2.28. The zero-order valence-electron chi connectivity index (χ0n) is 9.66. The molecule has 0 aromatic carbocycles. The number of aromatic nitrogens is 2. The molecular weight excluding hydrogens is 240 g/mol. The van der Waals surface area contributed by atoms with Gasteiger partial charge >= 0.3 is 0 Å². The second kappa shape index (κ2) is 5.42. The Hall–Kier alpha value is -1.20. The van der Waals surface area contributed by atoms with Gasteiger partial charge in [0.25, 0.3) is 0 Å². The second-order valence-electron chi connectivity index (χ2n) is 3.97. The summed E-state index contributed by atoms with van der Waals surface area (Å²) in [5, 5.41) is 10.8. The lowest BCUT2D eigenvalue weighted by molar-refractivity contribution is 0.0341. The van der Waals surface area contributed by atoms with Gasteiger partial charge in [0.2, 0.25) is 0 Å². The smallest absolute Gasteiger partial charge is 0.143 e. The molecule has 0 saturated carbocycles. The molecule has 0 spiro atoms. The Morgan fingerprint density at radius 3 is 2.94 bits per heavy atom. The van der Waals surface area contributed by atoms with Crippen LogP contribution in [0.15, 0.2) is 0 Å². The Labute approximate surface area is 105 Å². The molecule has 0 amide bonds. The van der Waals surface area contributed by atoms with Crippen molar-refractivity contribution in [3.63, 3.8) is 0 Å². The van der Waals surface area contributed by atoms with E-state index in [0.29, 0.717) is 22.4 Å². The van der Waals surface area contributed by atoms with Crippen LogP contribution in [-0.4, -0.2) is 29.0 Å². The van der Waals surface area contributed by atoms with Crippen LogP contribution in [0.3, 0.4) is 0 Å². The van der Waals surface area contributed by atoms with Gasteiger partial charge in [0.15, 0.2) is 0 Å². The van der Waals surface area contributed by atoms with Crippen molar-refractivity contribution in [2.45, 2.75) is 32.4 Å². The second-order valence-corrected chi connectivity index (χ2v) is 4.33. The molecule has 0 bridgehead atoms. The first kappa shape index (κ1) is 12.3. The topological polar surface area (TPSA) is 70.9 Å². The highest BCUT2D eigenvalue weighted by atomic mass is 35.5. The Balaban J connectivity index is 2.21. The van der Waals surface area contributed by atoms with Gasteiger partial charge in [-0.25, -0.2) is 9.97 Å². The molecule has 2 heterocycles. The van der Waals surface area contributed by atoms with Gasteiger partial charge in [0.1, 0.15) is 23.0 Å². The molecule has 1 aliphatic rings. The summed E-state index contributed by atoms with van der Waals surface area (Å²) in [6.07, 6.45) is 4.28. The number of anilines is 1. The fourth-order valence-corrected chi connectivity index (χ4v) is 2.06. The minimum Gasteiger partial charge on any atom is -0.359 e. The van der Waals surface area contributed by atoms with Crippen LogP contribution in [0.5, 0.6) is 0 Å². The predicted molar refractivity (Wildman–Crippen MR) is 66.9 cm³/mol. The predicted octanol–water partition coefficient (Wildman–Crippen LogP) is 2.37. The van der Waals surface area contributed by atoms with E-state index in [4.69, 9.17) is 21.7 Å². The number of rotatable bonds is 3. The molecule has 92 valence electrons. The molecule has 1 unspecified atom stereocenters. The van der Waals surface area contributed by atoms with Gasteiger partial charge < -0.3 is 15.5 Å². The number of ether oxygens (including phenoxy) is 1. The standard InChI is InChI=1S/C11H15ClN4O/c1-7-14-10(12)8(6-13)11(15-7)16-9-4-2-3-5-17-9/h6,9,13H,2-5H2,1H3,(H,14,15,16). The molecule has 0 radical (unpaired) electrons. The van der Waals surface area contributed by atoms with Gasteiger partial charge in [-0.2, -0.15) is 0 Å². The van der Waals surface area contributed by atoms with Crippen molar-refractivity contribution >= 4 is 23.6 Å². The first-order valence-electron chi connectivity index (χ1n) is 5.63. The summed E-state index contributed by atoms with van der Waals surface area (Å²) in [5.41, 5.74) is 0.506. The van der Waals surface area contributed by atoms with Crippen molar-refractivity contribution in [3.05, 3.63) is 16.5 Å². The molecule has 1 fully saturated rings. The summed E-state index contributed by atoms with van der Waals surface area (Å²) >= 11 is 5.97. The average Bonchev–Trinajstić information content (AvgIpc) is 2.30. The van der Waals surface area contributed by atoms with Crippen molar-refractivity contribution in [3.8, 4) is 0 Å². The van der Waals surface area contributed by atoms with Gasteiger partial charge in [0, 0.05) is 12.8 Å². The highest BCUT2D eigenvalue weighted by Crippen LogP contribution is 2.22. The Morgan fingerprint density at radius 1 is 1.47 bits per heavy atom. The van der Waals surface area contributed by atoms with Crippen LogP contribution in [0.2, 0.25) is 5.15 Å². The molecule has 0 aliphatic carbocycles. The third kappa shape index (κ3) is 2.92. The number of halogens is 1. The number of hydrogen-bond acceptors (Lipinski definition) is 5. The van der Waals surface area contributed by atoms with Gasteiger partial charge in [-0.15, -0.1) is 0 Å². The fraction of sp³-hybridized carbons (Fsp3) is 0.545. The summed E-state index contributed by atoms with van der Waals surface area (Å²) in [7, 11) is 0. The van der Waals surface area contributed by atoms with E-state index in [2.05, 4.69) is 15.3 Å². The van der Waals surface area contributed by atoms with Crippen LogP contribution in [-0.2, 0) is 4.74 Å². The van der Waals surface area contributed by atoms with Crippen molar-refractivity contribution in [2.24, 2.45) is 0 Å². The van der Waals surface area contributed by atoms with Gasteiger partial charge in [-0.05, 0) is 26.2 Å². The number of aryl methyl sites for hydroxylation is 1. The van der Waals surface area contributed by atoms with Crippen molar-refractivity contribution in [1.29, 1.82) is 5.41 Å². The minimum atomic E-state index is -0.0483. The van der Waals surface area contributed by atoms with E-state index in [1.165, 1.54) is 0 Å². The maximum Gasteiger partial charge on any atom is 0.143 e. The maximum atomic E-state index is 7.34. The van der Waals surface area contributed by atoms with E-state index in [1.807, 2.05) is 0 Å².